The van der Waals surface area contributed by atoms with Gasteiger partial charge in [-0.2, -0.15) is 0 Å². The second-order valence-electron chi connectivity index (χ2n) is 14.8. The number of piperidine rings is 1. The Morgan fingerprint density at radius 3 is 2.33 bits per heavy atom. The van der Waals surface area contributed by atoms with E-state index in [1.54, 1.807) is 47.2 Å². The number of nitrogens with zero attached hydrogens (tertiary/aromatic N) is 5. The van der Waals surface area contributed by atoms with Crippen molar-refractivity contribution in [1.82, 2.24) is 24.6 Å². The van der Waals surface area contributed by atoms with Gasteiger partial charge in [0.25, 0.3) is 5.91 Å². The van der Waals surface area contributed by atoms with Crippen LogP contribution in [-0.4, -0.2) is 69.1 Å². The monoisotopic (exact) mass is 791 g/mol. The highest BCUT2D eigenvalue weighted by atomic mass is 19.1. The van der Waals surface area contributed by atoms with Gasteiger partial charge in [-0.3, -0.25) is 4.79 Å². The van der Waals surface area contributed by atoms with Gasteiger partial charge in [0, 0.05) is 49.0 Å². The Balaban J connectivity index is 1.10. The molecule has 0 bridgehead atoms. The van der Waals surface area contributed by atoms with Crippen LogP contribution in [0, 0.1) is 17.6 Å². The fraction of sp³-hybridized carbons (Fsp3) is 0.279. The van der Waals surface area contributed by atoms with Gasteiger partial charge in [-0.25, -0.2) is 28.2 Å². The minimum absolute atomic E-state index is 0.0725. The molecule has 1 fully saturated rings. The summed E-state index contributed by atoms with van der Waals surface area (Å²) in [5.74, 6) is -0.0540. The molecule has 3 aromatic heterocycles. The Morgan fingerprint density at radius 1 is 0.879 bits per heavy atom. The second-order valence-corrected chi connectivity index (χ2v) is 14.8. The molecule has 2 N–H and O–H groups in total. The first-order valence-corrected chi connectivity index (χ1v) is 18.8. The Bertz CT molecular complexity index is 2390. The quantitative estimate of drug-likeness (QED) is 0.123. The smallest absolute Gasteiger partial charge is 0.410 e. The normalized spacial score (nSPS) is 13.2. The van der Waals surface area contributed by atoms with Crippen molar-refractivity contribution in [2.45, 2.75) is 45.8 Å². The van der Waals surface area contributed by atoms with E-state index in [4.69, 9.17) is 24.0 Å². The van der Waals surface area contributed by atoms with Crippen LogP contribution >= 0.6 is 0 Å². The summed E-state index contributed by atoms with van der Waals surface area (Å²) in [5, 5.41) is 11.0. The number of hydrogen-bond donors (Lipinski definition) is 2. The first-order valence-electron chi connectivity index (χ1n) is 18.8. The molecule has 2 amide bonds. The van der Waals surface area contributed by atoms with Crippen molar-refractivity contribution in [1.29, 1.82) is 0 Å². The minimum Gasteiger partial charge on any atom is -0.497 e. The van der Waals surface area contributed by atoms with Gasteiger partial charge in [0.15, 0.2) is 17.2 Å². The average molecular weight is 792 g/mol. The van der Waals surface area contributed by atoms with Gasteiger partial charge in [-0.1, -0.05) is 12.1 Å². The topological polar surface area (TPSA) is 142 Å². The van der Waals surface area contributed by atoms with Crippen LogP contribution in [0.15, 0.2) is 97.3 Å². The molecule has 300 valence electrons. The summed E-state index contributed by atoms with van der Waals surface area (Å²) in [4.78, 5) is 36.3. The molecule has 1 saturated heterocycles. The van der Waals surface area contributed by atoms with Crippen molar-refractivity contribution >= 4 is 40.2 Å². The van der Waals surface area contributed by atoms with Gasteiger partial charge in [0.2, 0.25) is 5.88 Å². The number of aromatic nitrogens is 4. The lowest BCUT2D eigenvalue weighted by Gasteiger charge is -2.33. The number of carbonyl (C=O) groups is 2. The molecular formula is C43H43F2N7O6. The van der Waals surface area contributed by atoms with Gasteiger partial charge >= 0.3 is 6.09 Å². The van der Waals surface area contributed by atoms with E-state index in [1.165, 1.54) is 42.6 Å². The summed E-state index contributed by atoms with van der Waals surface area (Å²) in [6.07, 6.45) is 4.17. The zero-order chi connectivity index (χ0) is 40.8. The molecule has 1 aliphatic rings. The van der Waals surface area contributed by atoms with Gasteiger partial charge in [0.1, 0.15) is 34.1 Å². The number of methoxy groups -OCH3 is 1. The van der Waals surface area contributed by atoms with Crippen LogP contribution in [0.1, 0.15) is 49.5 Å². The van der Waals surface area contributed by atoms with Crippen molar-refractivity contribution in [2.75, 3.05) is 37.4 Å². The van der Waals surface area contributed by atoms with Gasteiger partial charge in [0.05, 0.1) is 25.8 Å². The maximum atomic E-state index is 15.8. The fourth-order valence-corrected chi connectivity index (χ4v) is 6.38. The summed E-state index contributed by atoms with van der Waals surface area (Å²) in [6, 6.07) is 22.1. The number of hydrogen-bond acceptors (Lipinski definition) is 10. The summed E-state index contributed by atoms with van der Waals surface area (Å²) in [7, 11) is 1.61. The van der Waals surface area contributed by atoms with E-state index in [0.29, 0.717) is 48.6 Å². The fourth-order valence-electron chi connectivity index (χ4n) is 6.38. The number of fused-ring (bicyclic) bond motifs is 1. The summed E-state index contributed by atoms with van der Waals surface area (Å²) in [6.45, 7) is 7.32. The van der Waals surface area contributed by atoms with Crippen molar-refractivity contribution in [3.63, 3.8) is 0 Å². The molecule has 0 atom stereocenters. The summed E-state index contributed by atoms with van der Waals surface area (Å²) >= 11 is 0. The molecule has 13 nitrogen and oxygen atoms in total. The van der Waals surface area contributed by atoms with Crippen molar-refractivity contribution in [3.05, 3.63) is 120 Å². The molecule has 6 aromatic rings. The molecule has 3 aromatic carbocycles. The number of amides is 2. The van der Waals surface area contributed by atoms with Crippen LogP contribution in [0.5, 0.6) is 23.1 Å². The van der Waals surface area contributed by atoms with E-state index in [1.807, 2.05) is 45.0 Å². The molecule has 0 radical (unpaired) electrons. The van der Waals surface area contributed by atoms with E-state index in [2.05, 4.69) is 20.6 Å². The maximum Gasteiger partial charge on any atom is 0.410 e. The maximum absolute atomic E-state index is 15.8. The van der Waals surface area contributed by atoms with Crippen LogP contribution < -0.4 is 24.8 Å². The van der Waals surface area contributed by atoms with Crippen LogP contribution in [0.25, 0.3) is 11.0 Å². The zero-order valence-electron chi connectivity index (χ0n) is 32.5. The number of rotatable bonds is 12. The second kappa shape index (κ2) is 17.2. The Morgan fingerprint density at radius 2 is 1.62 bits per heavy atom. The minimum atomic E-state index is -0.687. The van der Waals surface area contributed by atoms with Crippen molar-refractivity contribution in [3.8, 4) is 23.1 Å². The number of halogens is 2. The van der Waals surface area contributed by atoms with Crippen LogP contribution in [-0.2, 0) is 11.3 Å². The number of carbonyl (C=O) groups excluding carboxylic acids is 2. The standard InChI is InChI=1S/C43H43F2N7O6/c1-43(2,3)58-42(54)51-22-18-28(19-23-51)26-56-41-37-36(17-21-47-39(37)52(50-41)25-27-7-14-32(55-4)15-8-27)57-35-16-13-31(24-34(35)45)48-38-33(6-5-20-46-38)40(53)49-30-11-9-29(44)10-12-30/h5-17,20-21,24,28H,18-19,22-23,25-26H2,1-4H3,(H,46,48)(H,49,53). The van der Waals surface area contributed by atoms with E-state index in [-0.39, 0.29) is 40.8 Å². The molecule has 58 heavy (non-hydrogen) atoms. The van der Waals surface area contributed by atoms with Crippen molar-refractivity contribution in [2.24, 2.45) is 5.92 Å². The van der Waals surface area contributed by atoms with Gasteiger partial charge in [-0.15, -0.1) is 5.10 Å². The average Bonchev–Trinajstić information content (AvgIpc) is 3.56. The van der Waals surface area contributed by atoms with Crippen LogP contribution in [0.3, 0.4) is 0 Å². The Labute approximate surface area is 333 Å². The number of anilines is 3. The number of likely N-dealkylation sites (tertiary alicyclic amines) is 1. The molecule has 0 unspecified atom stereocenters. The highest BCUT2D eigenvalue weighted by molar-refractivity contribution is 6.07. The lowest BCUT2D eigenvalue weighted by molar-refractivity contribution is 0.0164. The lowest BCUT2D eigenvalue weighted by atomic mass is 9.98. The number of nitrogens with one attached hydrogen (secondary N) is 2. The molecule has 0 aliphatic carbocycles. The number of benzene rings is 3. The third-order valence-corrected chi connectivity index (χ3v) is 9.34. The summed E-state index contributed by atoms with van der Waals surface area (Å²) in [5.41, 5.74) is 1.75. The highest BCUT2D eigenvalue weighted by Crippen LogP contribution is 2.38. The molecule has 15 heteroatoms. The lowest BCUT2D eigenvalue weighted by Crippen LogP contribution is -2.42. The van der Waals surface area contributed by atoms with E-state index in [9.17, 15) is 14.0 Å². The Kier molecular flexibility index (Phi) is 11.7. The highest BCUT2D eigenvalue weighted by Gasteiger charge is 2.28. The molecule has 7 rings (SSSR count). The van der Waals surface area contributed by atoms with Crippen LogP contribution in [0.4, 0.5) is 30.8 Å². The van der Waals surface area contributed by atoms with E-state index < -0.39 is 23.1 Å². The zero-order valence-corrected chi connectivity index (χ0v) is 32.5. The summed E-state index contributed by atoms with van der Waals surface area (Å²) < 4.78 is 54.4. The van der Waals surface area contributed by atoms with E-state index in [0.717, 1.165) is 24.2 Å². The predicted octanol–water partition coefficient (Wildman–Crippen LogP) is 8.98. The third-order valence-electron chi connectivity index (χ3n) is 9.34. The number of pyridine rings is 2. The molecule has 4 heterocycles. The van der Waals surface area contributed by atoms with Gasteiger partial charge < -0.3 is 34.5 Å². The SMILES string of the molecule is COc1ccc(Cn2nc(OCC3CCN(C(=O)OC(C)(C)C)CC3)c3c(Oc4ccc(Nc5ncccc5C(=O)Nc5ccc(F)cc5)cc4F)ccnc32)cc1. The third kappa shape index (κ3) is 9.60. The first-order chi connectivity index (χ1) is 27.9. The van der Waals surface area contributed by atoms with E-state index >= 15 is 4.39 Å². The molecule has 1 aliphatic heterocycles. The molecule has 0 spiro atoms. The first kappa shape index (κ1) is 39.5. The Hall–Kier alpha value is -6.77. The molecule has 0 saturated carbocycles. The molecular weight excluding hydrogens is 749 g/mol. The van der Waals surface area contributed by atoms with Gasteiger partial charge in [-0.05, 0) is 106 Å². The number of ether oxygens (including phenoxy) is 4. The van der Waals surface area contributed by atoms with Crippen LogP contribution in [0.2, 0.25) is 0 Å². The predicted molar refractivity (Wildman–Crippen MR) is 214 cm³/mol. The van der Waals surface area contributed by atoms with Crippen molar-refractivity contribution < 1.29 is 37.3 Å². The largest absolute Gasteiger partial charge is 0.497 e.